The molecule has 0 nitrogen and oxygen atoms in total. The Morgan fingerprint density at radius 3 is 2.25 bits per heavy atom. The Labute approximate surface area is 60.0 Å². The molecule has 0 spiro atoms. The van der Waals surface area contributed by atoms with Crippen LogP contribution in [-0.4, -0.2) is 0 Å². The zero-order valence-corrected chi connectivity index (χ0v) is 6.04. The van der Waals surface area contributed by atoms with E-state index in [9.17, 15) is 0 Å². The number of allylic oxidation sites excluding steroid dienone is 3. The second-order valence-corrected chi connectivity index (χ2v) is 2.24. The zero-order chi connectivity index (χ0) is 6.57. The minimum absolute atomic E-state index is 0.560. The van der Waals surface area contributed by atoms with Gasteiger partial charge >= 0.3 is 0 Å². The SMILES string of the molecule is C=C/C(Cl)=C\C(=C)S. The van der Waals surface area contributed by atoms with Gasteiger partial charge < -0.3 is 0 Å². The molecule has 0 aromatic rings. The van der Waals surface area contributed by atoms with Crippen molar-refractivity contribution < 1.29 is 0 Å². The van der Waals surface area contributed by atoms with E-state index in [0.29, 0.717) is 9.94 Å². The Morgan fingerprint density at radius 2 is 2.12 bits per heavy atom. The Bertz CT molecular complexity index is 135. The largest absolute Gasteiger partial charge is 0.144 e. The summed E-state index contributed by atoms with van der Waals surface area (Å²) in [6.07, 6.45) is 3.15. The Kier molecular flexibility index (Phi) is 3.75. The fourth-order valence-electron chi connectivity index (χ4n) is 0.218. The van der Waals surface area contributed by atoms with E-state index in [1.807, 2.05) is 0 Å². The third-order valence-electron chi connectivity index (χ3n) is 0.500. The number of halogens is 1. The fourth-order valence-corrected chi connectivity index (χ4v) is 0.565. The van der Waals surface area contributed by atoms with Crippen molar-refractivity contribution in [3.8, 4) is 0 Å². The lowest BCUT2D eigenvalue weighted by Crippen LogP contribution is -1.60. The van der Waals surface area contributed by atoms with E-state index in [4.69, 9.17) is 11.6 Å². The molecule has 0 atom stereocenters. The van der Waals surface area contributed by atoms with Crippen LogP contribution in [0.25, 0.3) is 0 Å². The topological polar surface area (TPSA) is 0 Å². The standard InChI is InChI=1S/C6H7ClS/c1-3-6(7)4-5(2)8/h3-4,8H,1-2H2/b6-4+. The predicted octanol–water partition coefficient (Wildman–Crippen LogP) is 2.74. The highest BCUT2D eigenvalue weighted by Gasteiger charge is 1.80. The highest BCUT2D eigenvalue weighted by atomic mass is 35.5. The van der Waals surface area contributed by atoms with E-state index < -0.39 is 0 Å². The van der Waals surface area contributed by atoms with Gasteiger partial charge in [0.05, 0.1) is 0 Å². The van der Waals surface area contributed by atoms with Crippen LogP contribution in [-0.2, 0) is 0 Å². The smallest absolute Gasteiger partial charge is 0.0410 e. The van der Waals surface area contributed by atoms with Crippen LogP contribution < -0.4 is 0 Å². The molecule has 0 saturated carbocycles. The minimum atomic E-state index is 0.560. The maximum absolute atomic E-state index is 5.49. The first kappa shape index (κ1) is 7.86. The summed E-state index contributed by atoms with van der Waals surface area (Å²) < 4.78 is 0. The van der Waals surface area contributed by atoms with E-state index in [-0.39, 0.29) is 0 Å². The number of rotatable bonds is 2. The van der Waals surface area contributed by atoms with Crippen molar-refractivity contribution in [1.82, 2.24) is 0 Å². The molecule has 0 rings (SSSR count). The summed E-state index contributed by atoms with van der Waals surface area (Å²) in [5.74, 6) is 0. The van der Waals surface area contributed by atoms with Crippen LogP contribution in [0.2, 0.25) is 0 Å². The van der Waals surface area contributed by atoms with Gasteiger partial charge in [-0.05, 0) is 11.0 Å². The highest BCUT2D eigenvalue weighted by molar-refractivity contribution is 7.84. The Hall–Kier alpha value is -0.140. The van der Waals surface area contributed by atoms with Crippen LogP contribution in [0.15, 0.2) is 35.2 Å². The molecular weight excluding hydrogens is 140 g/mol. The number of thiol groups is 1. The molecule has 0 aromatic carbocycles. The Morgan fingerprint density at radius 1 is 1.62 bits per heavy atom. The van der Waals surface area contributed by atoms with Crippen molar-refractivity contribution in [1.29, 1.82) is 0 Å². The molecule has 0 saturated heterocycles. The van der Waals surface area contributed by atoms with Crippen LogP contribution in [0.3, 0.4) is 0 Å². The van der Waals surface area contributed by atoms with Gasteiger partial charge in [-0.25, -0.2) is 0 Å². The normalized spacial score (nSPS) is 11.0. The third-order valence-corrected chi connectivity index (χ3v) is 0.892. The van der Waals surface area contributed by atoms with Gasteiger partial charge in [0.1, 0.15) is 0 Å². The molecule has 0 radical (unpaired) electrons. The van der Waals surface area contributed by atoms with Gasteiger partial charge in [0.15, 0.2) is 0 Å². The second-order valence-electron chi connectivity index (χ2n) is 1.22. The molecular formula is C6H7ClS. The van der Waals surface area contributed by atoms with Gasteiger partial charge in [0, 0.05) is 5.03 Å². The molecule has 0 fully saturated rings. The van der Waals surface area contributed by atoms with Crippen LogP contribution in [0, 0.1) is 0 Å². The first-order valence-corrected chi connectivity index (χ1v) is 2.87. The summed E-state index contributed by atoms with van der Waals surface area (Å²) >= 11 is 9.38. The maximum atomic E-state index is 5.49. The van der Waals surface area contributed by atoms with Crippen LogP contribution >= 0.6 is 24.2 Å². The fraction of sp³-hybridized carbons (Fsp3) is 0. The summed E-state index contributed by atoms with van der Waals surface area (Å²) in [6.45, 7) is 6.94. The quantitative estimate of drug-likeness (QED) is 0.450. The zero-order valence-electron chi connectivity index (χ0n) is 4.39. The lowest BCUT2D eigenvalue weighted by Gasteiger charge is -1.84. The summed E-state index contributed by atoms with van der Waals surface area (Å²) in [6, 6.07) is 0. The van der Waals surface area contributed by atoms with Crippen LogP contribution in [0.5, 0.6) is 0 Å². The monoisotopic (exact) mass is 146 g/mol. The van der Waals surface area contributed by atoms with E-state index in [2.05, 4.69) is 25.8 Å². The average Bonchev–Trinajstić information content (AvgIpc) is 1.65. The molecule has 8 heavy (non-hydrogen) atoms. The van der Waals surface area contributed by atoms with Gasteiger partial charge in [-0.1, -0.05) is 30.8 Å². The summed E-state index contributed by atoms with van der Waals surface area (Å²) in [4.78, 5) is 0.634. The maximum Gasteiger partial charge on any atom is 0.0410 e. The summed E-state index contributed by atoms with van der Waals surface area (Å²) in [7, 11) is 0. The van der Waals surface area contributed by atoms with Crippen molar-refractivity contribution in [2.24, 2.45) is 0 Å². The molecule has 44 valence electrons. The van der Waals surface area contributed by atoms with Crippen molar-refractivity contribution >= 4 is 24.2 Å². The molecule has 0 N–H and O–H groups in total. The first-order chi connectivity index (χ1) is 3.66. The number of hydrogen-bond acceptors (Lipinski definition) is 1. The van der Waals surface area contributed by atoms with E-state index in [0.717, 1.165) is 0 Å². The van der Waals surface area contributed by atoms with Crippen molar-refractivity contribution in [3.05, 3.63) is 35.2 Å². The van der Waals surface area contributed by atoms with Crippen molar-refractivity contribution in [2.75, 3.05) is 0 Å². The van der Waals surface area contributed by atoms with E-state index in [1.165, 1.54) is 6.08 Å². The first-order valence-electron chi connectivity index (χ1n) is 2.04. The van der Waals surface area contributed by atoms with Crippen LogP contribution in [0.1, 0.15) is 0 Å². The van der Waals surface area contributed by atoms with E-state index >= 15 is 0 Å². The minimum Gasteiger partial charge on any atom is -0.144 e. The lowest BCUT2D eigenvalue weighted by atomic mass is 10.5. The molecule has 0 aliphatic carbocycles. The van der Waals surface area contributed by atoms with Gasteiger partial charge in [-0.2, -0.15) is 0 Å². The van der Waals surface area contributed by atoms with E-state index in [1.54, 1.807) is 6.08 Å². The average molecular weight is 147 g/mol. The van der Waals surface area contributed by atoms with Gasteiger partial charge in [-0.15, -0.1) is 12.6 Å². The lowest BCUT2D eigenvalue weighted by molar-refractivity contribution is 1.87. The molecule has 0 heterocycles. The summed E-state index contributed by atoms with van der Waals surface area (Å²) in [5.41, 5.74) is 0. The molecule has 0 aliphatic heterocycles. The molecule has 2 heteroatoms. The molecule has 0 aliphatic rings. The number of hydrogen-bond donors (Lipinski definition) is 1. The second kappa shape index (κ2) is 3.81. The molecule has 0 bridgehead atoms. The van der Waals surface area contributed by atoms with Gasteiger partial charge in [0.25, 0.3) is 0 Å². The molecule has 0 aromatic heterocycles. The third kappa shape index (κ3) is 4.03. The van der Waals surface area contributed by atoms with Gasteiger partial charge in [-0.3, -0.25) is 0 Å². The Balaban J connectivity index is 3.94. The predicted molar refractivity (Wildman–Crippen MR) is 42.3 cm³/mol. The van der Waals surface area contributed by atoms with Gasteiger partial charge in [0.2, 0.25) is 0 Å². The highest BCUT2D eigenvalue weighted by Crippen LogP contribution is 2.07. The van der Waals surface area contributed by atoms with Crippen molar-refractivity contribution in [2.45, 2.75) is 0 Å². The summed E-state index contributed by atoms with van der Waals surface area (Å²) in [5, 5.41) is 0.560. The molecule has 0 amide bonds. The van der Waals surface area contributed by atoms with Crippen molar-refractivity contribution in [3.63, 3.8) is 0 Å². The molecule has 0 unspecified atom stereocenters. The van der Waals surface area contributed by atoms with Crippen LogP contribution in [0.4, 0.5) is 0 Å².